The SMILES string of the molecule is C=C(C=N/C=C\N)c1cc(C(=O)Nc2ccc(Oc3ccnc4cc(OC)ccc34)cn2)c(=O)n(-c2ccccc2)c1. The van der Waals surface area contributed by atoms with Crippen LogP contribution in [0.25, 0.3) is 22.2 Å². The fraction of sp³-hybridized carbons (Fsp3) is 0.0312. The number of rotatable bonds is 9. The van der Waals surface area contributed by atoms with E-state index in [-0.39, 0.29) is 11.4 Å². The number of carbonyl (C=O) groups is 1. The van der Waals surface area contributed by atoms with E-state index in [1.54, 1.807) is 62.0 Å². The van der Waals surface area contributed by atoms with E-state index in [1.165, 1.54) is 35.4 Å². The summed E-state index contributed by atoms with van der Waals surface area (Å²) in [7, 11) is 1.59. The van der Waals surface area contributed by atoms with E-state index in [1.807, 2.05) is 24.3 Å². The predicted molar refractivity (Wildman–Crippen MR) is 163 cm³/mol. The molecular formula is C32H26N6O4. The number of amides is 1. The minimum absolute atomic E-state index is 0.0962. The molecular weight excluding hydrogens is 532 g/mol. The number of hydrogen-bond acceptors (Lipinski definition) is 8. The average molecular weight is 559 g/mol. The van der Waals surface area contributed by atoms with Crippen LogP contribution in [0.3, 0.4) is 0 Å². The lowest BCUT2D eigenvalue weighted by Crippen LogP contribution is -2.29. The van der Waals surface area contributed by atoms with Gasteiger partial charge in [-0.3, -0.25) is 24.1 Å². The molecule has 3 aromatic heterocycles. The van der Waals surface area contributed by atoms with Gasteiger partial charge in [-0.1, -0.05) is 24.8 Å². The van der Waals surface area contributed by atoms with E-state index in [9.17, 15) is 9.59 Å². The quantitative estimate of drug-likeness (QED) is 0.233. The lowest BCUT2D eigenvalue weighted by molar-refractivity contribution is 0.102. The normalized spacial score (nSPS) is 11.2. The zero-order chi connectivity index (χ0) is 29.5. The van der Waals surface area contributed by atoms with Crippen LogP contribution in [0, 0.1) is 0 Å². The summed E-state index contributed by atoms with van der Waals surface area (Å²) >= 11 is 0. The first-order valence-electron chi connectivity index (χ1n) is 12.8. The molecule has 2 aromatic carbocycles. The van der Waals surface area contributed by atoms with E-state index >= 15 is 0 Å². The smallest absolute Gasteiger partial charge is 0.267 e. The van der Waals surface area contributed by atoms with Crippen molar-refractivity contribution < 1.29 is 14.3 Å². The average Bonchev–Trinajstić information content (AvgIpc) is 3.02. The second-order valence-electron chi connectivity index (χ2n) is 8.93. The number of nitrogens with zero attached hydrogens (tertiary/aromatic N) is 4. The van der Waals surface area contributed by atoms with Gasteiger partial charge in [0.05, 0.1) is 18.8 Å². The Hall–Kier alpha value is -6.03. The molecule has 0 radical (unpaired) electrons. The Bertz CT molecular complexity index is 1880. The highest BCUT2D eigenvalue weighted by Gasteiger charge is 2.17. The Labute approximate surface area is 241 Å². The summed E-state index contributed by atoms with van der Waals surface area (Å²) in [6.45, 7) is 4.01. The molecule has 0 fully saturated rings. The number of aliphatic imine (C=N–C) groups is 1. The fourth-order valence-electron chi connectivity index (χ4n) is 4.10. The number of methoxy groups -OCH3 is 1. The van der Waals surface area contributed by atoms with Gasteiger partial charge in [0.15, 0.2) is 0 Å². The van der Waals surface area contributed by atoms with E-state index in [0.717, 1.165) is 10.9 Å². The van der Waals surface area contributed by atoms with Gasteiger partial charge in [0, 0.05) is 53.7 Å². The monoisotopic (exact) mass is 558 g/mol. The molecule has 0 aliphatic heterocycles. The number of nitrogens with one attached hydrogen (secondary N) is 1. The van der Waals surface area contributed by atoms with Crippen LogP contribution in [0.1, 0.15) is 15.9 Å². The highest BCUT2D eigenvalue weighted by Crippen LogP contribution is 2.30. The Morgan fingerprint density at radius 1 is 1.05 bits per heavy atom. The van der Waals surface area contributed by atoms with Crippen molar-refractivity contribution in [1.82, 2.24) is 14.5 Å². The van der Waals surface area contributed by atoms with Crippen LogP contribution >= 0.6 is 0 Å². The standard InChI is InChI=1S/C32H26N6O4/c1-21(18-34-15-13-33)22-16-27(32(40)38(20-22)23-6-4-3-5-7-23)31(39)37-30-11-9-25(19-36-30)42-29-12-14-35-28-17-24(41-2)8-10-26(28)29/h3-20H,1,33H2,2H3,(H,36,37,39)/b15-13-,34-18?. The van der Waals surface area contributed by atoms with E-state index in [4.69, 9.17) is 15.2 Å². The molecule has 5 rings (SSSR count). The Morgan fingerprint density at radius 2 is 1.86 bits per heavy atom. The minimum Gasteiger partial charge on any atom is -0.497 e. The zero-order valence-electron chi connectivity index (χ0n) is 22.6. The van der Waals surface area contributed by atoms with Crippen molar-refractivity contribution in [3.63, 3.8) is 0 Å². The Balaban J connectivity index is 1.40. The number of ether oxygens (including phenoxy) is 2. The molecule has 1 amide bonds. The van der Waals surface area contributed by atoms with Gasteiger partial charge in [-0.05, 0) is 54.1 Å². The maximum atomic E-state index is 13.4. The number of benzene rings is 2. The highest BCUT2D eigenvalue weighted by molar-refractivity contribution is 6.10. The maximum Gasteiger partial charge on any atom is 0.267 e. The molecule has 0 aliphatic carbocycles. The maximum absolute atomic E-state index is 13.4. The second-order valence-corrected chi connectivity index (χ2v) is 8.93. The number of pyridine rings is 3. The first kappa shape index (κ1) is 27.5. The van der Waals surface area contributed by atoms with Crippen molar-refractivity contribution >= 4 is 34.4 Å². The van der Waals surface area contributed by atoms with Gasteiger partial charge in [0.2, 0.25) is 0 Å². The second kappa shape index (κ2) is 12.4. The summed E-state index contributed by atoms with van der Waals surface area (Å²) in [5.41, 5.74) is 7.06. The predicted octanol–water partition coefficient (Wildman–Crippen LogP) is 5.35. The van der Waals surface area contributed by atoms with Crippen LogP contribution in [0.2, 0.25) is 0 Å². The summed E-state index contributed by atoms with van der Waals surface area (Å²) in [5, 5.41) is 3.50. The molecule has 0 saturated carbocycles. The number of hydrogen-bond donors (Lipinski definition) is 2. The Morgan fingerprint density at radius 3 is 2.60 bits per heavy atom. The van der Waals surface area contributed by atoms with Crippen molar-refractivity contribution in [2.45, 2.75) is 0 Å². The highest BCUT2D eigenvalue weighted by atomic mass is 16.5. The lowest BCUT2D eigenvalue weighted by atomic mass is 10.1. The van der Waals surface area contributed by atoms with Gasteiger partial charge < -0.3 is 20.5 Å². The van der Waals surface area contributed by atoms with Gasteiger partial charge in [-0.15, -0.1) is 0 Å². The number of anilines is 1. The van der Waals surface area contributed by atoms with E-state index < -0.39 is 11.5 Å². The van der Waals surface area contributed by atoms with Gasteiger partial charge in [0.1, 0.15) is 28.6 Å². The summed E-state index contributed by atoms with van der Waals surface area (Å²) < 4.78 is 12.7. The molecule has 0 saturated heterocycles. The van der Waals surface area contributed by atoms with Crippen LogP contribution in [0.4, 0.5) is 5.82 Å². The van der Waals surface area contributed by atoms with Gasteiger partial charge in [0.25, 0.3) is 11.5 Å². The molecule has 0 spiro atoms. The van der Waals surface area contributed by atoms with Crippen molar-refractivity contribution in [1.29, 1.82) is 0 Å². The Kier molecular flexibility index (Phi) is 8.15. The largest absolute Gasteiger partial charge is 0.497 e. The molecule has 0 atom stereocenters. The molecule has 0 bridgehead atoms. The van der Waals surface area contributed by atoms with Crippen LogP contribution < -0.4 is 26.1 Å². The minimum atomic E-state index is -0.631. The molecule has 10 heteroatoms. The van der Waals surface area contributed by atoms with Crippen LogP contribution in [-0.4, -0.2) is 33.8 Å². The summed E-state index contributed by atoms with van der Waals surface area (Å²) in [5.74, 6) is 1.34. The van der Waals surface area contributed by atoms with Crippen molar-refractivity contribution in [2.24, 2.45) is 10.7 Å². The van der Waals surface area contributed by atoms with E-state index in [2.05, 4.69) is 26.9 Å². The molecule has 0 unspecified atom stereocenters. The first-order chi connectivity index (χ1) is 20.5. The van der Waals surface area contributed by atoms with E-state index in [0.29, 0.717) is 34.1 Å². The van der Waals surface area contributed by atoms with Gasteiger partial charge in [-0.2, -0.15) is 0 Å². The van der Waals surface area contributed by atoms with Crippen molar-refractivity contribution in [3.05, 3.63) is 132 Å². The van der Waals surface area contributed by atoms with Gasteiger partial charge in [-0.25, -0.2) is 4.98 Å². The number of allylic oxidation sites excluding steroid dienone is 1. The van der Waals surface area contributed by atoms with Crippen LogP contribution in [0.15, 0.2) is 120 Å². The molecule has 10 nitrogen and oxygen atoms in total. The fourth-order valence-corrected chi connectivity index (χ4v) is 4.10. The number of aromatic nitrogens is 3. The molecule has 5 aromatic rings. The number of nitrogens with two attached hydrogens (primary N) is 1. The number of carbonyl (C=O) groups excluding carboxylic acids is 1. The lowest BCUT2D eigenvalue weighted by Gasteiger charge is -2.13. The topological polar surface area (TPSA) is 134 Å². The third kappa shape index (κ3) is 6.07. The zero-order valence-corrected chi connectivity index (χ0v) is 22.6. The molecule has 42 heavy (non-hydrogen) atoms. The number of para-hydroxylation sites is 1. The molecule has 3 N–H and O–H groups in total. The third-order valence-electron chi connectivity index (χ3n) is 6.19. The van der Waals surface area contributed by atoms with Crippen LogP contribution in [-0.2, 0) is 0 Å². The summed E-state index contributed by atoms with van der Waals surface area (Å²) in [4.78, 5) is 39.4. The molecule has 208 valence electrons. The van der Waals surface area contributed by atoms with Crippen molar-refractivity contribution in [3.8, 4) is 22.9 Å². The summed E-state index contributed by atoms with van der Waals surface area (Å²) in [6.07, 6.45) is 8.91. The van der Waals surface area contributed by atoms with Crippen LogP contribution in [0.5, 0.6) is 17.2 Å². The first-order valence-corrected chi connectivity index (χ1v) is 12.8. The third-order valence-corrected chi connectivity index (χ3v) is 6.19. The molecule has 0 aliphatic rings. The van der Waals surface area contributed by atoms with Gasteiger partial charge >= 0.3 is 0 Å². The van der Waals surface area contributed by atoms with Crippen molar-refractivity contribution in [2.75, 3.05) is 12.4 Å². The summed E-state index contributed by atoms with van der Waals surface area (Å²) in [6, 6.07) is 21.0. The molecule has 3 heterocycles. The number of fused-ring (bicyclic) bond motifs is 1.